The van der Waals surface area contributed by atoms with Crippen molar-refractivity contribution in [2.45, 2.75) is 50.8 Å². The smallest absolute Gasteiger partial charge is 0.230 e. The fraction of sp³-hybridized carbons (Fsp3) is 0.619. The number of amides is 2. The molecule has 0 aromatic heterocycles. The zero-order valence-electron chi connectivity index (χ0n) is 16.1. The largest absolute Gasteiger partial charge is 0.342 e. The van der Waals surface area contributed by atoms with Crippen LogP contribution in [0.4, 0.5) is 0 Å². The molecule has 0 unspecified atom stereocenters. The Bertz CT molecular complexity index is 639. The van der Waals surface area contributed by atoms with Crippen LogP contribution in [0.3, 0.4) is 0 Å². The first-order valence-electron chi connectivity index (χ1n) is 9.77. The summed E-state index contributed by atoms with van der Waals surface area (Å²) >= 11 is 1.91. The second-order valence-electron chi connectivity index (χ2n) is 7.64. The van der Waals surface area contributed by atoms with Gasteiger partial charge in [-0.3, -0.25) is 9.59 Å². The van der Waals surface area contributed by atoms with Crippen molar-refractivity contribution in [1.82, 2.24) is 9.80 Å². The molecule has 2 aliphatic heterocycles. The molecule has 26 heavy (non-hydrogen) atoms. The molecule has 1 atom stereocenters. The van der Waals surface area contributed by atoms with Gasteiger partial charge in [-0.05, 0) is 24.8 Å². The predicted molar refractivity (Wildman–Crippen MR) is 107 cm³/mol. The first-order valence-corrected chi connectivity index (χ1v) is 10.8. The number of likely N-dealkylation sites (tertiary alicyclic amines) is 1. The minimum atomic E-state index is -0.0907. The van der Waals surface area contributed by atoms with Crippen molar-refractivity contribution in [3.05, 3.63) is 35.9 Å². The van der Waals surface area contributed by atoms with Crippen LogP contribution in [0, 0.1) is 5.92 Å². The Morgan fingerprint density at radius 2 is 1.73 bits per heavy atom. The summed E-state index contributed by atoms with van der Waals surface area (Å²) in [5.74, 6) is 1.47. The molecule has 0 aliphatic carbocycles. The number of benzene rings is 1. The highest BCUT2D eigenvalue weighted by molar-refractivity contribution is 8.00. The van der Waals surface area contributed by atoms with E-state index in [0.717, 1.165) is 50.2 Å². The molecule has 1 spiro atoms. The zero-order valence-corrected chi connectivity index (χ0v) is 16.9. The van der Waals surface area contributed by atoms with E-state index in [0.29, 0.717) is 0 Å². The van der Waals surface area contributed by atoms with Crippen molar-refractivity contribution in [1.29, 1.82) is 0 Å². The molecule has 142 valence electrons. The van der Waals surface area contributed by atoms with Crippen molar-refractivity contribution in [2.24, 2.45) is 5.92 Å². The van der Waals surface area contributed by atoms with Crippen LogP contribution in [0.25, 0.3) is 0 Å². The van der Waals surface area contributed by atoms with E-state index >= 15 is 0 Å². The average Bonchev–Trinajstić information content (AvgIpc) is 3.06. The Balaban J connectivity index is 1.68. The maximum atomic E-state index is 13.1. The zero-order chi connectivity index (χ0) is 18.7. The molecular formula is C21H30N2O2S. The molecule has 0 saturated carbocycles. The van der Waals surface area contributed by atoms with Gasteiger partial charge in [-0.1, -0.05) is 51.1 Å². The van der Waals surface area contributed by atoms with E-state index in [1.807, 2.05) is 60.8 Å². The predicted octanol–water partition coefficient (Wildman–Crippen LogP) is 3.73. The summed E-state index contributed by atoms with van der Waals surface area (Å²) in [6, 6.07) is 10.1. The lowest BCUT2D eigenvalue weighted by molar-refractivity contribution is -0.140. The molecule has 1 aromatic carbocycles. The van der Waals surface area contributed by atoms with E-state index in [2.05, 4.69) is 11.8 Å². The molecule has 2 aliphatic rings. The summed E-state index contributed by atoms with van der Waals surface area (Å²) in [7, 11) is 0. The van der Waals surface area contributed by atoms with Crippen molar-refractivity contribution in [2.75, 3.05) is 25.4 Å². The van der Waals surface area contributed by atoms with Crippen LogP contribution in [-0.4, -0.2) is 51.9 Å². The van der Waals surface area contributed by atoms with E-state index in [9.17, 15) is 9.59 Å². The highest BCUT2D eigenvalue weighted by Crippen LogP contribution is 2.44. The van der Waals surface area contributed by atoms with E-state index in [1.165, 1.54) is 0 Å². The van der Waals surface area contributed by atoms with Crippen molar-refractivity contribution in [3.63, 3.8) is 0 Å². The molecule has 2 amide bonds. The summed E-state index contributed by atoms with van der Waals surface area (Å²) in [6.07, 6.45) is 2.58. The van der Waals surface area contributed by atoms with Crippen LogP contribution >= 0.6 is 11.8 Å². The highest BCUT2D eigenvalue weighted by Gasteiger charge is 2.47. The second-order valence-corrected chi connectivity index (χ2v) is 9.09. The van der Waals surface area contributed by atoms with E-state index in [1.54, 1.807) is 0 Å². The summed E-state index contributed by atoms with van der Waals surface area (Å²) in [4.78, 5) is 29.7. The Hall–Kier alpha value is -1.49. The van der Waals surface area contributed by atoms with Gasteiger partial charge >= 0.3 is 0 Å². The fourth-order valence-corrected chi connectivity index (χ4v) is 5.64. The topological polar surface area (TPSA) is 40.6 Å². The van der Waals surface area contributed by atoms with Gasteiger partial charge in [-0.2, -0.15) is 0 Å². The third kappa shape index (κ3) is 3.64. The number of hydrogen-bond donors (Lipinski definition) is 0. The number of piperidine rings is 1. The number of carbonyl (C=O) groups is 2. The number of nitrogens with zero attached hydrogens (tertiary/aromatic N) is 2. The van der Waals surface area contributed by atoms with Gasteiger partial charge in [0.15, 0.2) is 0 Å². The van der Waals surface area contributed by atoms with Crippen LogP contribution in [0.2, 0.25) is 0 Å². The number of thioether (sulfide) groups is 1. The summed E-state index contributed by atoms with van der Waals surface area (Å²) in [5, 5.41) is 0. The standard InChI is InChI=1S/C21H30N2O2S/c1-4-18(17-8-6-5-7-9-17)20(25)22-12-10-21(11-13-22)23(14-15-26-21)19(24)16(2)3/h5-9,16,18H,4,10-15H2,1-3H3/t18-/m1/s1. The van der Waals surface area contributed by atoms with Gasteiger partial charge in [0.1, 0.15) is 0 Å². The molecule has 0 N–H and O–H groups in total. The van der Waals surface area contributed by atoms with Crippen molar-refractivity contribution >= 4 is 23.6 Å². The van der Waals surface area contributed by atoms with Crippen LogP contribution in [0.5, 0.6) is 0 Å². The van der Waals surface area contributed by atoms with E-state index in [-0.39, 0.29) is 28.5 Å². The van der Waals surface area contributed by atoms with Gasteiger partial charge in [0, 0.05) is 31.3 Å². The minimum Gasteiger partial charge on any atom is -0.342 e. The number of hydrogen-bond acceptors (Lipinski definition) is 3. The Morgan fingerprint density at radius 1 is 1.08 bits per heavy atom. The van der Waals surface area contributed by atoms with Crippen molar-refractivity contribution < 1.29 is 9.59 Å². The lowest BCUT2D eigenvalue weighted by atomic mass is 9.93. The van der Waals surface area contributed by atoms with Gasteiger partial charge in [0.05, 0.1) is 10.8 Å². The molecule has 2 fully saturated rings. The first-order chi connectivity index (χ1) is 12.5. The molecule has 0 radical (unpaired) electrons. The molecule has 2 heterocycles. The SMILES string of the molecule is CC[C@@H](C(=O)N1CCC2(CC1)SCCN2C(=O)C(C)C)c1ccccc1. The highest BCUT2D eigenvalue weighted by atomic mass is 32.2. The van der Waals surface area contributed by atoms with Gasteiger partial charge in [0.2, 0.25) is 11.8 Å². The first kappa shape index (κ1) is 19.3. The third-order valence-corrected chi connectivity index (χ3v) is 7.25. The Morgan fingerprint density at radius 3 is 2.31 bits per heavy atom. The molecule has 4 nitrogen and oxygen atoms in total. The fourth-order valence-electron chi connectivity index (χ4n) is 4.18. The maximum Gasteiger partial charge on any atom is 0.230 e. The van der Waals surface area contributed by atoms with E-state index < -0.39 is 0 Å². The molecule has 1 aromatic rings. The second kappa shape index (κ2) is 8.03. The van der Waals surface area contributed by atoms with Gasteiger partial charge in [-0.15, -0.1) is 11.8 Å². The van der Waals surface area contributed by atoms with Gasteiger partial charge < -0.3 is 9.80 Å². The number of carbonyl (C=O) groups excluding carboxylic acids is 2. The van der Waals surface area contributed by atoms with Crippen LogP contribution in [0.1, 0.15) is 51.5 Å². The Labute approximate surface area is 161 Å². The van der Waals surface area contributed by atoms with Crippen molar-refractivity contribution in [3.8, 4) is 0 Å². The Kier molecular flexibility index (Phi) is 5.96. The molecule has 2 saturated heterocycles. The summed E-state index contributed by atoms with van der Waals surface area (Å²) in [5.41, 5.74) is 1.10. The van der Waals surface area contributed by atoms with Crippen LogP contribution < -0.4 is 0 Å². The monoisotopic (exact) mass is 374 g/mol. The van der Waals surface area contributed by atoms with Crippen LogP contribution in [0.15, 0.2) is 30.3 Å². The maximum absolute atomic E-state index is 13.1. The summed E-state index contributed by atoms with van der Waals surface area (Å²) < 4.78 is 0. The lowest BCUT2D eigenvalue weighted by Crippen LogP contribution is -2.54. The van der Waals surface area contributed by atoms with Gasteiger partial charge in [-0.25, -0.2) is 0 Å². The van der Waals surface area contributed by atoms with E-state index in [4.69, 9.17) is 0 Å². The molecular weight excluding hydrogens is 344 g/mol. The van der Waals surface area contributed by atoms with Crippen LogP contribution in [-0.2, 0) is 9.59 Å². The quantitative estimate of drug-likeness (QED) is 0.806. The third-order valence-electron chi connectivity index (χ3n) is 5.70. The molecule has 0 bridgehead atoms. The molecule has 3 rings (SSSR count). The number of rotatable bonds is 4. The lowest BCUT2D eigenvalue weighted by Gasteiger charge is -2.45. The minimum absolute atomic E-state index is 0.0350. The molecule has 5 heteroatoms. The summed E-state index contributed by atoms with van der Waals surface area (Å²) in [6.45, 7) is 8.37. The van der Waals surface area contributed by atoms with Gasteiger partial charge in [0.25, 0.3) is 0 Å². The average molecular weight is 375 g/mol. The normalized spacial score (nSPS) is 20.6.